The van der Waals surface area contributed by atoms with Crippen molar-refractivity contribution in [3.63, 3.8) is 0 Å². The second kappa shape index (κ2) is 9.23. The number of hydrogen-bond donors (Lipinski definition) is 1. The first-order valence-electron chi connectivity index (χ1n) is 12.1. The van der Waals surface area contributed by atoms with Crippen molar-refractivity contribution >= 4 is 15.9 Å². The van der Waals surface area contributed by atoms with Gasteiger partial charge in [-0.25, -0.2) is 8.42 Å². The molecule has 1 saturated heterocycles. The molecule has 7 nitrogen and oxygen atoms in total. The van der Waals surface area contributed by atoms with Gasteiger partial charge >= 0.3 is 0 Å². The lowest BCUT2D eigenvalue weighted by Gasteiger charge is -2.32. The first-order chi connectivity index (χ1) is 16.3. The van der Waals surface area contributed by atoms with E-state index in [4.69, 9.17) is 9.47 Å². The second-order valence-electron chi connectivity index (χ2n) is 9.65. The van der Waals surface area contributed by atoms with E-state index in [1.165, 1.54) is 4.31 Å². The summed E-state index contributed by atoms with van der Waals surface area (Å²) in [5.41, 5.74) is 3.06. The van der Waals surface area contributed by atoms with Crippen LogP contribution in [0.3, 0.4) is 0 Å². The molecule has 1 amide bonds. The monoisotopic (exact) mass is 484 g/mol. The van der Waals surface area contributed by atoms with Crippen molar-refractivity contribution in [2.75, 3.05) is 26.3 Å². The van der Waals surface area contributed by atoms with E-state index < -0.39 is 10.0 Å². The zero-order valence-electron chi connectivity index (χ0n) is 19.7. The van der Waals surface area contributed by atoms with Crippen LogP contribution >= 0.6 is 0 Å². The summed E-state index contributed by atoms with van der Waals surface area (Å²) in [5, 5.41) is 3.27. The Kier molecular flexibility index (Phi) is 6.29. The average molecular weight is 485 g/mol. The van der Waals surface area contributed by atoms with Crippen LogP contribution in [0.1, 0.15) is 48.4 Å². The number of nitrogens with zero attached hydrogens (tertiary/aromatic N) is 1. The minimum absolute atomic E-state index is 0.00928. The highest BCUT2D eigenvalue weighted by Crippen LogP contribution is 2.43. The number of carbonyl (C=O) groups excluding carboxylic acids is 1. The molecule has 34 heavy (non-hydrogen) atoms. The molecule has 2 aromatic rings. The highest BCUT2D eigenvalue weighted by Gasteiger charge is 2.37. The van der Waals surface area contributed by atoms with E-state index in [0.29, 0.717) is 50.0 Å². The maximum absolute atomic E-state index is 13.2. The number of rotatable bonds is 6. The third-order valence-electron chi connectivity index (χ3n) is 7.26. The minimum Gasteiger partial charge on any atom is -0.486 e. The largest absolute Gasteiger partial charge is 0.486 e. The molecule has 1 aliphatic carbocycles. The molecule has 0 bridgehead atoms. The third-order valence-corrected chi connectivity index (χ3v) is 9.15. The van der Waals surface area contributed by atoms with Gasteiger partial charge in [0.05, 0.1) is 10.9 Å². The van der Waals surface area contributed by atoms with Gasteiger partial charge in [0, 0.05) is 19.0 Å². The van der Waals surface area contributed by atoms with E-state index in [0.717, 1.165) is 41.0 Å². The van der Waals surface area contributed by atoms with Crippen molar-refractivity contribution < 1.29 is 22.7 Å². The number of sulfonamides is 1. The molecule has 1 saturated carbocycles. The van der Waals surface area contributed by atoms with Gasteiger partial charge in [-0.3, -0.25) is 4.79 Å². The molecule has 0 radical (unpaired) electrons. The lowest BCUT2D eigenvalue weighted by atomic mass is 9.95. The number of benzene rings is 2. The normalized spacial score (nSPS) is 20.1. The summed E-state index contributed by atoms with van der Waals surface area (Å²) >= 11 is 0. The number of fused-ring (bicyclic) bond motifs is 1. The molecule has 182 valence electrons. The molecule has 1 atom stereocenters. The average Bonchev–Trinajstić information content (AvgIpc) is 3.69. The fourth-order valence-electron chi connectivity index (χ4n) is 4.81. The van der Waals surface area contributed by atoms with Gasteiger partial charge in [-0.15, -0.1) is 0 Å². The van der Waals surface area contributed by atoms with E-state index in [1.54, 1.807) is 12.1 Å². The van der Waals surface area contributed by atoms with Gasteiger partial charge in [-0.1, -0.05) is 12.1 Å². The van der Waals surface area contributed by atoms with Gasteiger partial charge in [-0.2, -0.15) is 4.31 Å². The molecular weight excluding hydrogens is 452 g/mol. The summed E-state index contributed by atoms with van der Waals surface area (Å²) in [6, 6.07) is 11.1. The van der Waals surface area contributed by atoms with Crippen molar-refractivity contribution in [3.8, 4) is 11.5 Å². The summed E-state index contributed by atoms with van der Waals surface area (Å²) in [7, 11) is -3.55. The molecule has 2 heterocycles. The maximum atomic E-state index is 13.2. The van der Waals surface area contributed by atoms with Gasteiger partial charge in [-0.05, 0) is 86.4 Å². The predicted octanol–water partition coefficient (Wildman–Crippen LogP) is 3.74. The molecule has 8 heteroatoms. The number of nitrogens with one attached hydrogen (secondary N) is 1. The Balaban J connectivity index is 1.23. The summed E-state index contributed by atoms with van der Waals surface area (Å²) in [6.07, 6.45) is 3.22. The van der Waals surface area contributed by atoms with Gasteiger partial charge in [0.25, 0.3) is 0 Å². The number of amides is 1. The lowest BCUT2D eigenvalue weighted by Crippen LogP contribution is -2.44. The number of piperidine rings is 1. The lowest BCUT2D eigenvalue weighted by molar-refractivity contribution is -0.127. The molecular formula is C26H32N2O5S. The zero-order chi connectivity index (χ0) is 23.9. The Labute approximate surface area is 201 Å². The van der Waals surface area contributed by atoms with E-state index in [-0.39, 0.29) is 17.9 Å². The summed E-state index contributed by atoms with van der Waals surface area (Å²) < 4.78 is 39.1. The standard InChI is InChI=1S/C26H32N2O5S/c1-17-3-7-22(15-18(17)2)34(30,31)28-11-9-20(10-12-28)26(29)27-25(19-4-5-19)21-6-8-23-24(16-21)33-14-13-32-23/h3,6-8,15-16,19-20,25H,4-5,9-14H2,1-2H3,(H,27,29). The molecule has 2 fully saturated rings. The Hall–Kier alpha value is -2.58. The number of hydrogen-bond acceptors (Lipinski definition) is 5. The zero-order valence-corrected chi connectivity index (χ0v) is 20.6. The molecule has 1 N–H and O–H groups in total. The van der Waals surface area contributed by atoms with Crippen LogP contribution in [-0.4, -0.2) is 44.9 Å². The highest BCUT2D eigenvalue weighted by atomic mass is 32.2. The Morgan fingerprint density at radius 1 is 0.941 bits per heavy atom. The molecule has 2 aliphatic heterocycles. The van der Waals surface area contributed by atoms with E-state index in [2.05, 4.69) is 5.32 Å². The first kappa shape index (κ1) is 23.2. The molecule has 2 aromatic carbocycles. The van der Waals surface area contributed by atoms with Crippen molar-refractivity contribution in [2.24, 2.45) is 11.8 Å². The van der Waals surface area contributed by atoms with Crippen LogP contribution in [0.15, 0.2) is 41.3 Å². The molecule has 1 unspecified atom stereocenters. The van der Waals surface area contributed by atoms with Crippen molar-refractivity contribution in [1.29, 1.82) is 0 Å². The van der Waals surface area contributed by atoms with E-state index in [1.807, 2.05) is 38.1 Å². The van der Waals surface area contributed by atoms with Crippen molar-refractivity contribution in [3.05, 3.63) is 53.1 Å². The van der Waals surface area contributed by atoms with Gasteiger partial charge in [0.2, 0.25) is 15.9 Å². The number of ether oxygens (including phenoxy) is 2. The predicted molar refractivity (Wildman–Crippen MR) is 128 cm³/mol. The van der Waals surface area contributed by atoms with Gasteiger partial charge in [0.1, 0.15) is 13.2 Å². The minimum atomic E-state index is -3.55. The van der Waals surface area contributed by atoms with Crippen LogP contribution in [-0.2, 0) is 14.8 Å². The van der Waals surface area contributed by atoms with Crippen LogP contribution < -0.4 is 14.8 Å². The number of carbonyl (C=O) groups is 1. The Bertz CT molecular complexity index is 1180. The van der Waals surface area contributed by atoms with Crippen LogP contribution in [0.2, 0.25) is 0 Å². The van der Waals surface area contributed by atoms with Gasteiger partial charge < -0.3 is 14.8 Å². The van der Waals surface area contributed by atoms with Crippen LogP contribution in [0.4, 0.5) is 0 Å². The first-order valence-corrected chi connectivity index (χ1v) is 13.5. The topological polar surface area (TPSA) is 84.9 Å². The second-order valence-corrected chi connectivity index (χ2v) is 11.6. The SMILES string of the molecule is Cc1ccc(S(=O)(=O)N2CCC(C(=O)NC(c3ccc4c(c3)OCCO4)C3CC3)CC2)cc1C. The fraction of sp³-hybridized carbons (Fsp3) is 0.500. The van der Waals surface area contributed by atoms with E-state index in [9.17, 15) is 13.2 Å². The van der Waals surface area contributed by atoms with Gasteiger partial charge in [0.15, 0.2) is 11.5 Å². The molecule has 3 aliphatic rings. The summed E-state index contributed by atoms with van der Waals surface area (Å²) in [6.45, 7) is 5.67. The Morgan fingerprint density at radius 3 is 2.32 bits per heavy atom. The third kappa shape index (κ3) is 4.66. The van der Waals surface area contributed by atoms with E-state index >= 15 is 0 Å². The van der Waals surface area contributed by atoms with Crippen LogP contribution in [0.5, 0.6) is 11.5 Å². The van der Waals surface area contributed by atoms with Crippen LogP contribution in [0, 0.1) is 25.7 Å². The quantitative estimate of drug-likeness (QED) is 0.675. The molecule has 0 aromatic heterocycles. The van der Waals surface area contributed by atoms with Crippen molar-refractivity contribution in [1.82, 2.24) is 9.62 Å². The summed E-state index contributed by atoms with van der Waals surface area (Å²) in [5.74, 6) is 1.72. The van der Waals surface area contributed by atoms with Crippen molar-refractivity contribution in [2.45, 2.75) is 50.5 Å². The maximum Gasteiger partial charge on any atom is 0.243 e. The highest BCUT2D eigenvalue weighted by molar-refractivity contribution is 7.89. The smallest absolute Gasteiger partial charge is 0.243 e. The molecule has 5 rings (SSSR count). The Morgan fingerprint density at radius 2 is 1.65 bits per heavy atom. The number of aryl methyl sites for hydroxylation is 2. The van der Waals surface area contributed by atoms with Crippen LogP contribution in [0.25, 0.3) is 0 Å². The summed E-state index contributed by atoms with van der Waals surface area (Å²) in [4.78, 5) is 13.5. The molecule has 0 spiro atoms. The fourth-order valence-corrected chi connectivity index (χ4v) is 6.36.